The Morgan fingerprint density at radius 2 is 1.96 bits per heavy atom. The second-order valence-electron chi connectivity index (χ2n) is 7.53. The van der Waals surface area contributed by atoms with E-state index in [1.807, 2.05) is 23.8 Å². The third-order valence-electron chi connectivity index (χ3n) is 3.98. The van der Waals surface area contributed by atoms with Crippen LogP contribution in [0.4, 0.5) is 0 Å². The number of aliphatic imine (C=N–C) groups is 1. The van der Waals surface area contributed by atoms with Gasteiger partial charge in [-0.3, -0.25) is 0 Å². The Kier molecular flexibility index (Phi) is 9.67. The Bertz CT molecular complexity index is 706. The summed E-state index contributed by atoms with van der Waals surface area (Å²) in [5.74, 6) is 0.718. The first-order chi connectivity index (χ1) is 12.2. The van der Waals surface area contributed by atoms with Crippen LogP contribution in [0.2, 0.25) is 0 Å². The first kappa shape index (κ1) is 24.3. The largest absolute Gasteiger partial charge is 0.383 e. The lowest BCUT2D eigenvalue weighted by molar-refractivity contribution is 0.0677. The number of nitrogens with zero attached hydrogens (tertiary/aromatic N) is 2. The second-order valence-corrected chi connectivity index (χ2v) is 9.26. The highest BCUT2D eigenvalue weighted by Gasteiger charge is 2.23. The highest BCUT2D eigenvalue weighted by Crippen LogP contribution is 2.24. The van der Waals surface area contributed by atoms with Crippen molar-refractivity contribution in [3.8, 4) is 0 Å². The first-order valence-corrected chi connectivity index (χ1v) is 10.8. The minimum atomic E-state index is -0.959. The molecule has 0 spiro atoms. The summed E-state index contributed by atoms with van der Waals surface area (Å²) in [6, 6.07) is 1.94. The van der Waals surface area contributed by atoms with Crippen molar-refractivity contribution in [3.05, 3.63) is 38.5 Å². The Balaban J connectivity index is 0.00000364. The van der Waals surface area contributed by atoms with E-state index < -0.39 is 5.60 Å². The summed E-state index contributed by atoms with van der Waals surface area (Å²) in [7, 11) is 0. The molecule has 5 nitrogen and oxygen atoms in total. The number of guanidine groups is 1. The molecule has 0 amide bonds. The summed E-state index contributed by atoms with van der Waals surface area (Å²) >= 11 is 3.29. The van der Waals surface area contributed by atoms with Gasteiger partial charge in [0.15, 0.2) is 5.96 Å². The normalized spacial score (nSPS) is 14.4. The molecule has 0 radical (unpaired) electrons. The van der Waals surface area contributed by atoms with Gasteiger partial charge < -0.3 is 15.7 Å². The summed E-state index contributed by atoms with van der Waals surface area (Å²) < 4.78 is 0. The van der Waals surface area contributed by atoms with Crippen molar-refractivity contribution >= 4 is 52.6 Å². The van der Waals surface area contributed by atoms with Crippen molar-refractivity contribution in [1.82, 2.24) is 15.6 Å². The van der Waals surface area contributed by atoms with Crippen molar-refractivity contribution in [2.24, 2.45) is 4.99 Å². The molecule has 1 atom stereocenters. The zero-order valence-corrected chi connectivity index (χ0v) is 20.7. The number of thiophene rings is 1. The van der Waals surface area contributed by atoms with Gasteiger partial charge in [0.2, 0.25) is 0 Å². The van der Waals surface area contributed by atoms with Crippen molar-refractivity contribution in [3.63, 3.8) is 0 Å². The molecule has 0 aliphatic heterocycles. The molecule has 3 N–H and O–H groups in total. The molecule has 0 fully saturated rings. The molecule has 1 unspecified atom stereocenters. The average Bonchev–Trinajstić information content (AvgIpc) is 3.24. The maximum Gasteiger partial charge on any atom is 0.191 e. The molecule has 0 aliphatic rings. The molecular formula is C19H31IN4OS2. The van der Waals surface area contributed by atoms with Gasteiger partial charge in [-0.15, -0.1) is 35.3 Å². The van der Waals surface area contributed by atoms with E-state index in [4.69, 9.17) is 4.98 Å². The molecule has 8 heteroatoms. The molecule has 0 saturated carbocycles. The summed E-state index contributed by atoms with van der Waals surface area (Å²) in [6.45, 7) is 12.2. The van der Waals surface area contributed by atoms with Crippen LogP contribution in [0, 0.1) is 0 Å². The lowest BCUT2D eigenvalue weighted by Crippen LogP contribution is -2.39. The van der Waals surface area contributed by atoms with Crippen LogP contribution in [0.5, 0.6) is 0 Å². The summed E-state index contributed by atoms with van der Waals surface area (Å²) in [5.41, 5.74) is 1.18. The van der Waals surface area contributed by atoms with Gasteiger partial charge in [-0.2, -0.15) is 11.3 Å². The van der Waals surface area contributed by atoms with Gasteiger partial charge in [0.1, 0.15) is 5.60 Å². The van der Waals surface area contributed by atoms with Gasteiger partial charge in [-0.1, -0.05) is 20.8 Å². The Morgan fingerprint density at radius 1 is 1.22 bits per heavy atom. The summed E-state index contributed by atoms with van der Waals surface area (Å²) in [5, 5.41) is 24.4. The molecule has 0 saturated heterocycles. The van der Waals surface area contributed by atoms with Crippen LogP contribution in [0.15, 0.2) is 27.2 Å². The van der Waals surface area contributed by atoms with E-state index in [1.165, 1.54) is 0 Å². The van der Waals surface area contributed by atoms with Crippen molar-refractivity contribution in [2.45, 2.75) is 52.1 Å². The van der Waals surface area contributed by atoms with E-state index in [0.29, 0.717) is 6.54 Å². The van der Waals surface area contributed by atoms with Gasteiger partial charge in [0.25, 0.3) is 0 Å². The maximum atomic E-state index is 10.6. The fraction of sp³-hybridized carbons (Fsp3) is 0.579. The second kappa shape index (κ2) is 10.7. The molecule has 27 heavy (non-hydrogen) atoms. The molecular weight excluding hydrogens is 491 g/mol. The molecule has 2 rings (SSSR count). The Labute approximate surface area is 187 Å². The molecule has 0 aliphatic carbocycles. The third-order valence-corrected chi connectivity index (χ3v) is 5.58. The van der Waals surface area contributed by atoms with E-state index in [9.17, 15) is 5.11 Å². The van der Waals surface area contributed by atoms with Gasteiger partial charge in [0.05, 0.1) is 17.2 Å². The fourth-order valence-corrected chi connectivity index (χ4v) is 4.10. The number of hydrogen-bond donors (Lipinski definition) is 3. The van der Waals surface area contributed by atoms with Crippen LogP contribution < -0.4 is 10.6 Å². The topological polar surface area (TPSA) is 69.5 Å². The van der Waals surface area contributed by atoms with Gasteiger partial charge in [0, 0.05) is 30.3 Å². The Morgan fingerprint density at radius 3 is 2.52 bits per heavy atom. The summed E-state index contributed by atoms with van der Waals surface area (Å²) in [4.78, 5) is 9.27. The number of aliphatic hydroxyl groups is 1. The number of hydrogen-bond acceptors (Lipinski definition) is 5. The predicted octanol–water partition coefficient (Wildman–Crippen LogP) is 4.13. The van der Waals surface area contributed by atoms with E-state index in [-0.39, 0.29) is 29.4 Å². The van der Waals surface area contributed by atoms with Crippen molar-refractivity contribution in [2.75, 3.05) is 19.6 Å². The van der Waals surface area contributed by atoms with Crippen LogP contribution in [-0.4, -0.2) is 35.7 Å². The smallest absolute Gasteiger partial charge is 0.191 e. The lowest BCUT2D eigenvalue weighted by Gasteiger charge is -2.21. The maximum absolute atomic E-state index is 10.6. The van der Waals surface area contributed by atoms with Crippen LogP contribution in [0.3, 0.4) is 0 Å². The van der Waals surface area contributed by atoms with E-state index in [0.717, 1.165) is 41.7 Å². The number of aromatic nitrogens is 1. The van der Waals surface area contributed by atoms with Crippen LogP contribution in [0.1, 0.15) is 50.9 Å². The minimum Gasteiger partial charge on any atom is -0.383 e. The standard InChI is InChI=1S/C19H30N4OS2.HI/c1-6-20-17(22-13-19(5,24)14-8-10-25-11-14)21-9-7-16-23-15(12-26-16)18(2,3)4;/h8,10-12,24H,6-7,9,13H2,1-5H3,(H2,20,21,22);1H. The van der Waals surface area contributed by atoms with E-state index in [1.54, 1.807) is 29.6 Å². The number of nitrogens with one attached hydrogen (secondary N) is 2. The van der Waals surface area contributed by atoms with Gasteiger partial charge in [-0.05, 0) is 36.2 Å². The van der Waals surface area contributed by atoms with Crippen molar-refractivity contribution in [1.29, 1.82) is 0 Å². The molecule has 152 valence electrons. The number of rotatable bonds is 7. The third kappa shape index (κ3) is 7.67. The monoisotopic (exact) mass is 522 g/mol. The average molecular weight is 523 g/mol. The molecule has 0 aromatic carbocycles. The number of halogens is 1. The highest BCUT2D eigenvalue weighted by atomic mass is 127. The van der Waals surface area contributed by atoms with Crippen LogP contribution in [0.25, 0.3) is 0 Å². The lowest BCUT2D eigenvalue weighted by atomic mass is 9.93. The fourth-order valence-electron chi connectivity index (χ4n) is 2.29. The number of thiazole rings is 1. The van der Waals surface area contributed by atoms with Crippen LogP contribution >= 0.6 is 46.7 Å². The Hall–Kier alpha value is -0.710. The molecule has 2 aromatic heterocycles. The van der Waals surface area contributed by atoms with Crippen molar-refractivity contribution < 1.29 is 5.11 Å². The highest BCUT2D eigenvalue weighted by molar-refractivity contribution is 14.0. The van der Waals surface area contributed by atoms with Crippen LogP contribution in [-0.2, 0) is 17.4 Å². The summed E-state index contributed by atoms with van der Waals surface area (Å²) in [6.07, 6.45) is 0.853. The molecule has 2 aromatic rings. The quantitative estimate of drug-likeness (QED) is 0.291. The predicted molar refractivity (Wildman–Crippen MR) is 128 cm³/mol. The first-order valence-electron chi connectivity index (χ1n) is 8.94. The zero-order valence-electron chi connectivity index (χ0n) is 16.7. The van der Waals surface area contributed by atoms with E-state index >= 15 is 0 Å². The molecule has 2 heterocycles. The molecule has 0 bridgehead atoms. The zero-order chi connectivity index (χ0) is 19.2. The van der Waals surface area contributed by atoms with Gasteiger partial charge in [-0.25, -0.2) is 9.98 Å². The van der Waals surface area contributed by atoms with E-state index in [2.05, 4.69) is 41.8 Å². The minimum absolute atomic E-state index is 0. The van der Waals surface area contributed by atoms with Gasteiger partial charge >= 0.3 is 0 Å². The SMILES string of the molecule is CCNC(=NCC(C)(O)c1ccsc1)NCCc1nc(C(C)(C)C)cs1.I.